The Bertz CT molecular complexity index is 880. The fraction of sp³-hybridized carbons (Fsp3) is 0.417. The van der Waals surface area contributed by atoms with Crippen molar-refractivity contribution < 1.29 is 4.79 Å². The number of hydrogen-bond acceptors (Lipinski definition) is 3. The molecule has 2 aromatic rings. The molecule has 5 heteroatoms. The van der Waals surface area contributed by atoms with Gasteiger partial charge in [0.05, 0.1) is 5.56 Å². The Morgan fingerprint density at radius 2 is 1.97 bits per heavy atom. The normalized spacial score (nSPS) is 15.2. The van der Waals surface area contributed by atoms with Crippen molar-refractivity contribution in [2.45, 2.75) is 45.4 Å². The first-order valence-electron chi connectivity index (χ1n) is 10.3. The zero-order valence-corrected chi connectivity index (χ0v) is 18.3. The Kier molecular flexibility index (Phi) is 7.09. The molecule has 1 saturated heterocycles. The molecule has 3 rings (SSSR count). The van der Waals surface area contributed by atoms with Crippen molar-refractivity contribution in [3.63, 3.8) is 0 Å². The second-order valence-electron chi connectivity index (χ2n) is 8.60. The number of nitrogens with one attached hydrogen (secondary N) is 1. The van der Waals surface area contributed by atoms with Gasteiger partial charge in [-0.1, -0.05) is 50.6 Å². The van der Waals surface area contributed by atoms with Crippen LogP contribution in [0.4, 0.5) is 5.69 Å². The zero-order valence-electron chi connectivity index (χ0n) is 17.5. The van der Waals surface area contributed by atoms with Crippen molar-refractivity contribution in [3.8, 4) is 0 Å². The van der Waals surface area contributed by atoms with Gasteiger partial charge in [-0.3, -0.25) is 9.69 Å². The van der Waals surface area contributed by atoms with Crippen LogP contribution in [0.1, 0.15) is 55.1 Å². The zero-order chi connectivity index (χ0) is 20.9. The quantitative estimate of drug-likeness (QED) is 0.505. The minimum atomic E-state index is -0.248. The number of carbonyl (C=O) groups is 1. The molecule has 29 heavy (non-hydrogen) atoms. The summed E-state index contributed by atoms with van der Waals surface area (Å²) in [6, 6.07) is 9.53. The number of aromatic nitrogens is 1. The van der Waals surface area contributed by atoms with E-state index in [4.69, 9.17) is 11.6 Å². The third-order valence-electron chi connectivity index (χ3n) is 5.24. The Balaban J connectivity index is 1.75. The molecule has 1 aliphatic heterocycles. The summed E-state index contributed by atoms with van der Waals surface area (Å²) in [5.74, 6) is -0.248. The van der Waals surface area contributed by atoms with Crippen LogP contribution in [0.3, 0.4) is 0 Å². The van der Waals surface area contributed by atoms with Gasteiger partial charge in [-0.25, -0.2) is 4.98 Å². The number of allylic oxidation sites excluding steroid dienone is 1. The highest BCUT2D eigenvalue weighted by Gasteiger charge is 2.19. The fourth-order valence-corrected chi connectivity index (χ4v) is 3.93. The van der Waals surface area contributed by atoms with Gasteiger partial charge in [0.1, 0.15) is 5.15 Å². The molecule has 1 N–H and O–H groups in total. The van der Waals surface area contributed by atoms with Crippen molar-refractivity contribution in [1.29, 1.82) is 0 Å². The Morgan fingerprint density at radius 3 is 2.66 bits per heavy atom. The van der Waals surface area contributed by atoms with Crippen LogP contribution >= 0.6 is 11.6 Å². The number of carbonyl (C=O) groups excluding carboxylic acids is 1. The van der Waals surface area contributed by atoms with Gasteiger partial charge in [0.2, 0.25) is 0 Å². The summed E-state index contributed by atoms with van der Waals surface area (Å²) < 4.78 is 0. The predicted molar refractivity (Wildman–Crippen MR) is 121 cm³/mol. The van der Waals surface area contributed by atoms with Crippen LogP contribution in [0.2, 0.25) is 5.15 Å². The molecule has 1 fully saturated rings. The highest BCUT2D eigenvalue weighted by Crippen LogP contribution is 2.29. The van der Waals surface area contributed by atoms with Gasteiger partial charge >= 0.3 is 0 Å². The molecule has 1 amide bonds. The Morgan fingerprint density at radius 1 is 1.21 bits per heavy atom. The summed E-state index contributed by atoms with van der Waals surface area (Å²) in [7, 11) is 0. The van der Waals surface area contributed by atoms with Crippen LogP contribution in [-0.4, -0.2) is 35.4 Å². The van der Waals surface area contributed by atoms with E-state index in [1.165, 1.54) is 37.1 Å². The van der Waals surface area contributed by atoms with Crippen molar-refractivity contribution in [2.75, 3.05) is 25.0 Å². The molecule has 4 nitrogen and oxygen atoms in total. The molecule has 0 spiro atoms. The summed E-state index contributed by atoms with van der Waals surface area (Å²) in [4.78, 5) is 19.0. The van der Waals surface area contributed by atoms with Crippen LogP contribution in [0, 0.1) is 0 Å². The standard InChI is InChI=1S/C24H30ClN3O/c1-24(2,3)21-12-11-19(27-23(29)20-10-8-13-26-22(20)25)17-18(21)9-4-5-14-28-15-6-7-16-28/h4-5,8,10-13,17H,6-7,9,14-16H2,1-3H3,(H,27,29). The lowest BCUT2D eigenvalue weighted by atomic mass is 9.82. The van der Waals surface area contributed by atoms with Crippen LogP contribution in [0.25, 0.3) is 0 Å². The number of rotatable bonds is 6. The number of halogens is 1. The summed E-state index contributed by atoms with van der Waals surface area (Å²) in [5.41, 5.74) is 3.70. The molecule has 1 aromatic heterocycles. The molecule has 0 aliphatic carbocycles. The lowest BCUT2D eigenvalue weighted by Gasteiger charge is -2.23. The van der Waals surface area contributed by atoms with Gasteiger partial charge in [0, 0.05) is 18.4 Å². The van der Waals surface area contributed by atoms with E-state index in [0.717, 1.165) is 18.7 Å². The van der Waals surface area contributed by atoms with Gasteiger partial charge in [-0.15, -0.1) is 0 Å². The topological polar surface area (TPSA) is 45.2 Å². The highest BCUT2D eigenvalue weighted by molar-refractivity contribution is 6.33. The van der Waals surface area contributed by atoms with Crippen molar-refractivity contribution >= 4 is 23.2 Å². The molecule has 0 saturated carbocycles. The van der Waals surface area contributed by atoms with Gasteiger partial charge in [-0.05, 0) is 73.2 Å². The van der Waals surface area contributed by atoms with Crippen molar-refractivity contribution in [2.24, 2.45) is 0 Å². The number of nitrogens with zero attached hydrogens (tertiary/aromatic N) is 2. The van der Waals surface area contributed by atoms with E-state index in [9.17, 15) is 4.79 Å². The van der Waals surface area contributed by atoms with E-state index >= 15 is 0 Å². The maximum atomic E-state index is 12.6. The highest BCUT2D eigenvalue weighted by atomic mass is 35.5. The largest absolute Gasteiger partial charge is 0.322 e. The number of benzene rings is 1. The molecular weight excluding hydrogens is 382 g/mol. The molecule has 1 aliphatic rings. The number of amides is 1. The lowest BCUT2D eigenvalue weighted by Crippen LogP contribution is -2.18. The first kappa shape index (κ1) is 21.5. The molecular formula is C24H30ClN3O. The molecule has 0 radical (unpaired) electrons. The molecule has 0 unspecified atom stereocenters. The number of pyridine rings is 1. The maximum Gasteiger partial charge on any atom is 0.258 e. The minimum absolute atomic E-state index is 0.0350. The predicted octanol–water partition coefficient (Wildman–Crippen LogP) is 5.48. The first-order valence-corrected chi connectivity index (χ1v) is 10.6. The first-order chi connectivity index (χ1) is 13.8. The monoisotopic (exact) mass is 411 g/mol. The van der Waals surface area contributed by atoms with Crippen LogP contribution < -0.4 is 5.32 Å². The minimum Gasteiger partial charge on any atom is -0.322 e. The fourth-order valence-electron chi connectivity index (χ4n) is 3.72. The van der Waals surface area contributed by atoms with Crippen LogP contribution in [0.15, 0.2) is 48.7 Å². The van der Waals surface area contributed by atoms with Crippen LogP contribution in [-0.2, 0) is 11.8 Å². The SMILES string of the molecule is CC(C)(C)c1ccc(NC(=O)c2cccnc2Cl)cc1CC=CCN1CCCC1. The summed E-state index contributed by atoms with van der Waals surface area (Å²) in [5, 5.41) is 3.17. The van der Waals surface area contributed by atoms with Crippen LogP contribution in [0.5, 0.6) is 0 Å². The third kappa shape index (κ3) is 5.91. The Labute approximate surface area is 179 Å². The second-order valence-corrected chi connectivity index (χ2v) is 8.96. The van der Waals surface area contributed by atoms with E-state index in [1.807, 2.05) is 6.07 Å². The average Bonchev–Trinajstić information content (AvgIpc) is 3.18. The van der Waals surface area contributed by atoms with Gasteiger partial charge < -0.3 is 5.32 Å². The van der Waals surface area contributed by atoms with E-state index < -0.39 is 0 Å². The van der Waals surface area contributed by atoms with Crippen molar-refractivity contribution in [1.82, 2.24) is 9.88 Å². The maximum absolute atomic E-state index is 12.6. The van der Waals surface area contributed by atoms with E-state index in [2.05, 4.69) is 60.3 Å². The second kappa shape index (κ2) is 9.55. The smallest absolute Gasteiger partial charge is 0.258 e. The summed E-state index contributed by atoms with van der Waals surface area (Å²) in [6.07, 6.45) is 9.54. The van der Waals surface area contributed by atoms with Crippen molar-refractivity contribution in [3.05, 3.63) is 70.5 Å². The number of likely N-dealkylation sites (tertiary alicyclic amines) is 1. The molecule has 1 aromatic carbocycles. The number of anilines is 1. The Hall–Kier alpha value is -2.17. The molecule has 0 atom stereocenters. The molecule has 2 heterocycles. The third-order valence-corrected chi connectivity index (χ3v) is 5.54. The van der Waals surface area contributed by atoms with E-state index in [1.54, 1.807) is 18.3 Å². The van der Waals surface area contributed by atoms with Gasteiger partial charge in [0.25, 0.3) is 5.91 Å². The average molecular weight is 412 g/mol. The lowest BCUT2D eigenvalue weighted by molar-refractivity contribution is 0.102. The summed E-state index contributed by atoms with van der Waals surface area (Å²) in [6.45, 7) is 10.1. The summed E-state index contributed by atoms with van der Waals surface area (Å²) >= 11 is 6.05. The van der Waals surface area contributed by atoms with Gasteiger partial charge in [-0.2, -0.15) is 0 Å². The van der Waals surface area contributed by atoms with Gasteiger partial charge in [0.15, 0.2) is 0 Å². The van der Waals surface area contributed by atoms with E-state index in [0.29, 0.717) is 5.56 Å². The number of hydrogen-bond donors (Lipinski definition) is 1. The molecule has 154 valence electrons. The molecule has 0 bridgehead atoms. The van der Waals surface area contributed by atoms with E-state index in [-0.39, 0.29) is 16.5 Å².